The van der Waals surface area contributed by atoms with Gasteiger partial charge in [0.1, 0.15) is 11.5 Å². The van der Waals surface area contributed by atoms with Gasteiger partial charge in [-0.05, 0) is 54.5 Å². The van der Waals surface area contributed by atoms with E-state index in [-0.39, 0.29) is 5.41 Å². The smallest absolute Gasteiger partial charge is 0.127 e. The molecule has 1 aliphatic rings. The first-order chi connectivity index (χ1) is 9.80. The van der Waals surface area contributed by atoms with E-state index in [0.29, 0.717) is 6.61 Å². The monoisotopic (exact) mass is 268 g/mol. The van der Waals surface area contributed by atoms with Crippen molar-refractivity contribution >= 4 is 0 Å². The van der Waals surface area contributed by atoms with Crippen molar-refractivity contribution in [1.82, 2.24) is 0 Å². The molecule has 0 aliphatic heterocycles. The van der Waals surface area contributed by atoms with Crippen molar-refractivity contribution in [2.45, 2.75) is 25.7 Å². The molecule has 2 nitrogen and oxygen atoms in total. The van der Waals surface area contributed by atoms with E-state index in [0.717, 1.165) is 30.8 Å². The fraction of sp³-hybridized carbons (Fsp3) is 0.333. The third-order valence-corrected chi connectivity index (χ3v) is 4.23. The van der Waals surface area contributed by atoms with Crippen molar-refractivity contribution in [3.8, 4) is 11.5 Å². The Balaban J connectivity index is 1.65. The zero-order valence-electron chi connectivity index (χ0n) is 11.6. The minimum Gasteiger partial charge on any atom is -0.457 e. The van der Waals surface area contributed by atoms with Crippen LogP contribution in [0.5, 0.6) is 11.5 Å². The first-order valence-electron chi connectivity index (χ1n) is 7.22. The summed E-state index contributed by atoms with van der Waals surface area (Å²) in [7, 11) is 0. The first-order valence-corrected chi connectivity index (χ1v) is 7.22. The number of hydrogen-bond donors (Lipinski definition) is 1. The molecule has 2 aromatic rings. The van der Waals surface area contributed by atoms with E-state index in [1.807, 2.05) is 42.5 Å². The lowest BCUT2D eigenvalue weighted by atomic mass is 9.66. The molecule has 3 rings (SSSR count). The van der Waals surface area contributed by atoms with Crippen molar-refractivity contribution in [3.05, 3.63) is 60.2 Å². The molecule has 1 fully saturated rings. The molecule has 0 unspecified atom stereocenters. The van der Waals surface area contributed by atoms with Gasteiger partial charge in [0.15, 0.2) is 0 Å². The summed E-state index contributed by atoms with van der Waals surface area (Å²) < 4.78 is 5.78. The second-order valence-electron chi connectivity index (χ2n) is 5.75. The number of hydrogen-bond acceptors (Lipinski definition) is 2. The maximum absolute atomic E-state index is 9.52. The number of benzene rings is 2. The van der Waals surface area contributed by atoms with Crippen LogP contribution in [0.15, 0.2) is 54.6 Å². The predicted molar refractivity (Wildman–Crippen MR) is 80.0 cm³/mol. The topological polar surface area (TPSA) is 29.5 Å². The number of aliphatic hydroxyl groups excluding tert-OH is 1. The van der Waals surface area contributed by atoms with Crippen LogP contribution in [0, 0.1) is 5.41 Å². The lowest BCUT2D eigenvalue weighted by molar-refractivity contribution is 0.0450. The van der Waals surface area contributed by atoms with Gasteiger partial charge in [-0.25, -0.2) is 0 Å². The molecule has 0 spiro atoms. The van der Waals surface area contributed by atoms with Gasteiger partial charge < -0.3 is 9.84 Å². The van der Waals surface area contributed by atoms with Crippen molar-refractivity contribution < 1.29 is 9.84 Å². The average Bonchev–Trinajstić information content (AvgIpc) is 2.46. The Morgan fingerprint density at radius 1 is 0.900 bits per heavy atom. The van der Waals surface area contributed by atoms with E-state index >= 15 is 0 Å². The minimum atomic E-state index is 0.141. The second-order valence-corrected chi connectivity index (χ2v) is 5.75. The Labute approximate surface area is 120 Å². The summed E-state index contributed by atoms with van der Waals surface area (Å²) >= 11 is 0. The highest BCUT2D eigenvalue weighted by Crippen LogP contribution is 2.43. The van der Waals surface area contributed by atoms with Crippen LogP contribution in [-0.4, -0.2) is 11.7 Å². The van der Waals surface area contributed by atoms with Crippen LogP contribution in [0.3, 0.4) is 0 Å². The summed E-state index contributed by atoms with van der Waals surface area (Å²) in [6.45, 7) is 0.301. The van der Waals surface area contributed by atoms with Crippen LogP contribution < -0.4 is 4.74 Å². The van der Waals surface area contributed by atoms with Gasteiger partial charge in [-0.15, -0.1) is 0 Å². The van der Waals surface area contributed by atoms with E-state index < -0.39 is 0 Å². The van der Waals surface area contributed by atoms with Crippen LogP contribution in [0.25, 0.3) is 0 Å². The van der Waals surface area contributed by atoms with Gasteiger partial charge >= 0.3 is 0 Å². The highest BCUT2D eigenvalue weighted by atomic mass is 16.5. The Hall–Kier alpha value is -1.80. The fourth-order valence-corrected chi connectivity index (χ4v) is 2.80. The molecule has 1 saturated carbocycles. The first kappa shape index (κ1) is 13.2. The summed E-state index contributed by atoms with van der Waals surface area (Å²) in [5.74, 6) is 1.71. The Bertz CT molecular complexity index is 536. The van der Waals surface area contributed by atoms with Crippen LogP contribution in [0.4, 0.5) is 0 Å². The molecule has 20 heavy (non-hydrogen) atoms. The van der Waals surface area contributed by atoms with E-state index in [4.69, 9.17) is 4.74 Å². The second kappa shape index (κ2) is 5.68. The normalized spacial score (nSPS) is 16.4. The van der Waals surface area contributed by atoms with Crippen molar-refractivity contribution in [2.75, 3.05) is 6.61 Å². The standard InChI is InChI=1S/C18H20O2/c19-14-18(11-4-12-18)13-15-7-9-17(10-8-15)20-16-5-2-1-3-6-16/h1-3,5-10,19H,4,11-14H2. The molecule has 0 saturated heterocycles. The Morgan fingerprint density at radius 3 is 2.10 bits per heavy atom. The molecule has 1 aliphatic carbocycles. The Morgan fingerprint density at radius 2 is 1.55 bits per heavy atom. The molecule has 0 radical (unpaired) electrons. The number of rotatable bonds is 5. The minimum absolute atomic E-state index is 0.141. The van der Waals surface area contributed by atoms with Crippen molar-refractivity contribution in [2.24, 2.45) is 5.41 Å². The maximum atomic E-state index is 9.52. The average molecular weight is 268 g/mol. The van der Waals surface area contributed by atoms with Crippen molar-refractivity contribution in [3.63, 3.8) is 0 Å². The molecule has 0 atom stereocenters. The zero-order chi connectivity index (χ0) is 13.8. The lowest BCUT2D eigenvalue weighted by Crippen LogP contribution is -2.35. The highest BCUT2D eigenvalue weighted by molar-refractivity contribution is 5.33. The molecule has 0 amide bonds. The van der Waals surface area contributed by atoms with E-state index in [2.05, 4.69) is 12.1 Å². The summed E-state index contributed by atoms with van der Waals surface area (Å²) in [5.41, 5.74) is 1.42. The SMILES string of the molecule is OCC1(Cc2ccc(Oc3ccccc3)cc2)CCC1. The van der Waals surface area contributed by atoms with Gasteiger partial charge in [-0.1, -0.05) is 36.8 Å². The van der Waals surface area contributed by atoms with Gasteiger partial charge in [0, 0.05) is 6.61 Å². The maximum Gasteiger partial charge on any atom is 0.127 e. The molecular weight excluding hydrogens is 248 g/mol. The fourth-order valence-electron chi connectivity index (χ4n) is 2.80. The predicted octanol–water partition coefficient (Wildman–Crippen LogP) is 4.18. The van der Waals surface area contributed by atoms with Gasteiger partial charge in [-0.3, -0.25) is 0 Å². The molecule has 0 heterocycles. The number of para-hydroxylation sites is 1. The van der Waals surface area contributed by atoms with Gasteiger partial charge in [-0.2, -0.15) is 0 Å². The third kappa shape index (κ3) is 2.86. The lowest BCUT2D eigenvalue weighted by Gasteiger charge is -2.40. The van der Waals surface area contributed by atoms with E-state index in [9.17, 15) is 5.11 Å². The number of aliphatic hydroxyl groups is 1. The highest BCUT2D eigenvalue weighted by Gasteiger charge is 2.36. The zero-order valence-corrected chi connectivity index (χ0v) is 11.6. The molecule has 0 aromatic heterocycles. The summed E-state index contributed by atoms with van der Waals surface area (Å²) in [4.78, 5) is 0. The van der Waals surface area contributed by atoms with Crippen LogP contribution in [-0.2, 0) is 6.42 Å². The van der Waals surface area contributed by atoms with Crippen LogP contribution in [0.1, 0.15) is 24.8 Å². The molecular formula is C18H20O2. The molecule has 2 aromatic carbocycles. The van der Waals surface area contributed by atoms with Gasteiger partial charge in [0.25, 0.3) is 0 Å². The largest absolute Gasteiger partial charge is 0.457 e. The summed E-state index contributed by atoms with van der Waals surface area (Å²) in [5, 5.41) is 9.52. The van der Waals surface area contributed by atoms with Gasteiger partial charge in [0.05, 0.1) is 0 Å². The Kier molecular flexibility index (Phi) is 3.75. The van der Waals surface area contributed by atoms with Crippen LogP contribution >= 0.6 is 0 Å². The van der Waals surface area contributed by atoms with Crippen molar-refractivity contribution in [1.29, 1.82) is 0 Å². The molecule has 104 valence electrons. The quantitative estimate of drug-likeness (QED) is 0.881. The summed E-state index contributed by atoms with van der Waals surface area (Å²) in [6.07, 6.45) is 4.50. The molecule has 2 heteroatoms. The molecule has 0 bridgehead atoms. The third-order valence-electron chi connectivity index (χ3n) is 4.23. The van der Waals surface area contributed by atoms with Crippen LogP contribution in [0.2, 0.25) is 0 Å². The summed E-state index contributed by atoms with van der Waals surface area (Å²) in [6, 6.07) is 18.0. The van der Waals surface area contributed by atoms with E-state index in [1.54, 1.807) is 0 Å². The molecule has 1 N–H and O–H groups in total. The van der Waals surface area contributed by atoms with E-state index in [1.165, 1.54) is 12.0 Å². The number of ether oxygens (including phenoxy) is 1. The van der Waals surface area contributed by atoms with Gasteiger partial charge in [0.2, 0.25) is 0 Å².